The fourth-order valence-electron chi connectivity index (χ4n) is 0.508. The molecule has 1 heterocycles. The first-order valence-electron chi connectivity index (χ1n) is 2.68. The monoisotopic (exact) mass is 200 g/mol. The molecular weight excluding hydrogens is 196 g/mol. The molecule has 0 aromatic carbocycles. The van der Waals surface area contributed by atoms with Gasteiger partial charge in [-0.15, -0.1) is 0 Å². The third-order valence-electron chi connectivity index (χ3n) is 0.864. The van der Waals surface area contributed by atoms with Gasteiger partial charge in [0.1, 0.15) is 6.61 Å². The molecule has 0 amide bonds. The number of rotatable bonds is 0. The van der Waals surface area contributed by atoms with Crippen molar-refractivity contribution in [3.63, 3.8) is 0 Å². The van der Waals surface area contributed by atoms with E-state index in [0.29, 0.717) is 10.4 Å². The van der Waals surface area contributed by atoms with E-state index in [1.165, 1.54) is 0 Å². The summed E-state index contributed by atoms with van der Waals surface area (Å²) in [4.78, 5) is 0. The van der Waals surface area contributed by atoms with Crippen LogP contribution in [0.3, 0.4) is 0 Å². The highest BCUT2D eigenvalue weighted by Gasteiger charge is 1.91. The Morgan fingerprint density at radius 2 is 2.40 bits per heavy atom. The molecular formula is C7H5BrO2. The molecule has 0 fully saturated rings. The molecule has 0 saturated heterocycles. The molecule has 3 heteroatoms. The Morgan fingerprint density at radius 1 is 1.60 bits per heavy atom. The van der Waals surface area contributed by atoms with E-state index in [2.05, 4.69) is 27.8 Å². The van der Waals surface area contributed by atoms with Crippen molar-refractivity contribution >= 4 is 15.9 Å². The van der Waals surface area contributed by atoms with Gasteiger partial charge in [-0.25, -0.2) is 0 Å². The molecule has 0 aliphatic carbocycles. The number of furan rings is 1. The van der Waals surface area contributed by atoms with Crippen molar-refractivity contribution in [3.05, 3.63) is 22.6 Å². The molecule has 0 unspecified atom stereocenters. The maximum Gasteiger partial charge on any atom is 0.178 e. The van der Waals surface area contributed by atoms with E-state index < -0.39 is 0 Å². The summed E-state index contributed by atoms with van der Waals surface area (Å²) in [5.41, 5.74) is 0. The number of hydrogen-bond acceptors (Lipinski definition) is 2. The smallest absolute Gasteiger partial charge is 0.178 e. The average Bonchev–Trinajstić information content (AvgIpc) is 2.31. The highest BCUT2D eigenvalue weighted by atomic mass is 79.9. The van der Waals surface area contributed by atoms with Crippen LogP contribution in [0.25, 0.3) is 0 Å². The van der Waals surface area contributed by atoms with Gasteiger partial charge in [-0.3, -0.25) is 0 Å². The van der Waals surface area contributed by atoms with Gasteiger partial charge in [-0.1, -0.05) is 5.92 Å². The van der Waals surface area contributed by atoms with Crippen LogP contribution < -0.4 is 0 Å². The van der Waals surface area contributed by atoms with Gasteiger partial charge in [0.2, 0.25) is 0 Å². The van der Waals surface area contributed by atoms with Crippen LogP contribution in [-0.4, -0.2) is 11.7 Å². The molecule has 1 N–H and O–H groups in total. The first-order chi connectivity index (χ1) is 4.83. The molecule has 10 heavy (non-hydrogen) atoms. The van der Waals surface area contributed by atoms with Gasteiger partial charge in [0.25, 0.3) is 0 Å². The first kappa shape index (κ1) is 7.39. The van der Waals surface area contributed by atoms with Crippen molar-refractivity contribution in [2.24, 2.45) is 0 Å². The molecule has 0 spiro atoms. The molecule has 1 aromatic rings. The van der Waals surface area contributed by atoms with Gasteiger partial charge in [0.05, 0.1) is 0 Å². The van der Waals surface area contributed by atoms with E-state index in [-0.39, 0.29) is 6.61 Å². The fraction of sp³-hybridized carbons (Fsp3) is 0.143. The lowest BCUT2D eigenvalue weighted by molar-refractivity contribution is 0.350. The second kappa shape index (κ2) is 3.45. The molecule has 1 rings (SSSR count). The number of aliphatic hydroxyl groups excluding tert-OH is 1. The standard InChI is InChI=1S/C7H5BrO2/c8-7-4-3-6(10-7)2-1-5-9/h3-4,9H,5H2. The minimum atomic E-state index is -0.141. The maximum absolute atomic E-state index is 8.31. The van der Waals surface area contributed by atoms with E-state index in [4.69, 9.17) is 9.52 Å². The minimum Gasteiger partial charge on any atom is -0.441 e. The molecule has 0 aliphatic rings. The van der Waals surface area contributed by atoms with Crippen LogP contribution in [0.15, 0.2) is 21.2 Å². The van der Waals surface area contributed by atoms with Crippen molar-refractivity contribution in [2.75, 3.05) is 6.61 Å². The summed E-state index contributed by atoms with van der Waals surface area (Å²) < 4.78 is 5.67. The maximum atomic E-state index is 8.31. The van der Waals surface area contributed by atoms with Crippen LogP contribution >= 0.6 is 15.9 Å². The zero-order valence-electron chi connectivity index (χ0n) is 5.10. The topological polar surface area (TPSA) is 33.4 Å². The summed E-state index contributed by atoms with van der Waals surface area (Å²) in [6, 6.07) is 3.48. The van der Waals surface area contributed by atoms with E-state index in [1.54, 1.807) is 12.1 Å². The van der Waals surface area contributed by atoms with Gasteiger partial charge >= 0.3 is 0 Å². The Hall–Kier alpha value is -0.720. The highest BCUT2D eigenvalue weighted by Crippen LogP contribution is 2.12. The van der Waals surface area contributed by atoms with Crippen LogP contribution in [0.4, 0.5) is 0 Å². The Kier molecular flexibility index (Phi) is 2.55. The third-order valence-corrected chi connectivity index (χ3v) is 1.29. The van der Waals surface area contributed by atoms with Crippen LogP contribution in [0.2, 0.25) is 0 Å². The molecule has 1 aromatic heterocycles. The predicted octanol–water partition coefficient (Wildman–Crippen LogP) is 1.39. The third kappa shape index (κ3) is 1.90. The first-order valence-corrected chi connectivity index (χ1v) is 3.47. The fourth-order valence-corrected chi connectivity index (χ4v) is 0.815. The highest BCUT2D eigenvalue weighted by molar-refractivity contribution is 9.10. The lowest BCUT2D eigenvalue weighted by atomic mass is 10.4. The average molecular weight is 201 g/mol. The van der Waals surface area contributed by atoms with E-state index in [0.717, 1.165) is 0 Å². The number of halogens is 1. The van der Waals surface area contributed by atoms with Crippen LogP contribution in [0.1, 0.15) is 5.76 Å². The van der Waals surface area contributed by atoms with Gasteiger partial charge in [-0.05, 0) is 34.0 Å². The van der Waals surface area contributed by atoms with Crippen LogP contribution in [0, 0.1) is 11.8 Å². The van der Waals surface area contributed by atoms with Crippen molar-refractivity contribution in [1.29, 1.82) is 0 Å². The lowest BCUT2D eigenvalue weighted by Crippen LogP contribution is -1.71. The number of aliphatic hydroxyl groups is 1. The Balaban J connectivity index is 2.76. The van der Waals surface area contributed by atoms with Crippen molar-refractivity contribution in [1.82, 2.24) is 0 Å². The van der Waals surface area contributed by atoms with E-state index in [9.17, 15) is 0 Å². The molecule has 0 saturated carbocycles. The van der Waals surface area contributed by atoms with Crippen LogP contribution in [0.5, 0.6) is 0 Å². The molecule has 0 atom stereocenters. The second-order valence-corrected chi connectivity index (χ2v) is 2.35. The van der Waals surface area contributed by atoms with Crippen molar-refractivity contribution in [2.45, 2.75) is 0 Å². The van der Waals surface area contributed by atoms with Crippen molar-refractivity contribution in [3.8, 4) is 11.8 Å². The Bertz CT molecular complexity index is 267. The minimum absolute atomic E-state index is 0.141. The summed E-state index contributed by atoms with van der Waals surface area (Å²) in [7, 11) is 0. The molecule has 0 bridgehead atoms. The second-order valence-electron chi connectivity index (χ2n) is 1.56. The van der Waals surface area contributed by atoms with Crippen LogP contribution in [-0.2, 0) is 0 Å². The molecule has 0 aliphatic heterocycles. The summed E-state index contributed by atoms with van der Waals surface area (Å²) >= 11 is 3.13. The molecule has 2 nitrogen and oxygen atoms in total. The lowest BCUT2D eigenvalue weighted by Gasteiger charge is -1.76. The molecule has 0 radical (unpaired) electrons. The summed E-state index contributed by atoms with van der Waals surface area (Å²) in [5, 5.41) is 8.31. The molecule has 52 valence electrons. The zero-order valence-corrected chi connectivity index (χ0v) is 6.68. The predicted molar refractivity (Wildman–Crippen MR) is 40.4 cm³/mol. The number of hydrogen-bond donors (Lipinski definition) is 1. The van der Waals surface area contributed by atoms with Gasteiger partial charge in [0.15, 0.2) is 10.4 Å². The van der Waals surface area contributed by atoms with E-state index in [1.807, 2.05) is 0 Å². The summed E-state index contributed by atoms with van der Waals surface area (Å²) in [5.74, 6) is 5.64. The quantitative estimate of drug-likeness (QED) is 0.643. The summed E-state index contributed by atoms with van der Waals surface area (Å²) in [6.07, 6.45) is 0. The normalized spacial score (nSPS) is 8.60. The van der Waals surface area contributed by atoms with Gasteiger partial charge in [0, 0.05) is 0 Å². The van der Waals surface area contributed by atoms with Gasteiger partial charge < -0.3 is 9.52 Å². The largest absolute Gasteiger partial charge is 0.441 e. The van der Waals surface area contributed by atoms with Gasteiger partial charge in [-0.2, -0.15) is 0 Å². The van der Waals surface area contributed by atoms with E-state index >= 15 is 0 Å². The Morgan fingerprint density at radius 3 is 2.90 bits per heavy atom. The Labute approximate surface area is 67.0 Å². The zero-order chi connectivity index (χ0) is 7.40. The SMILES string of the molecule is OCC#Cc1ccc(Br)o1. The summed E-state index contributed by atoms with van der Waals surface area (Å²) in [6.45, 7) is -0.141. The van der Waals surface area contributed by atoms with Crippen molar-refractivity contribution < 1.29 is 9.52 Å².